The van der Waals surface area contributed by atoms with E-state index in [9.17, 15) is 0 Å². The Kier molecular flexibility index (Phi) is 3.08. The van der Waals surface area contributed by atoms with E-state index in [1.807, 2.05) is 12.1 Å². The highest BCUT2D eigenvalue weighted by atomic mass is 16.7. The minimum absolute atomic E-state index is 0.260. The van der Waals surface area contributed by atoms with E-state index in [4.69, 9.17) is 14.7 Å². The Hall–Kier alpha value is -2.74. The van der Waals surface area contributed by atoms with Crippen LogP contribution in [0.4, 0.5) is 5.82 Å². The summed E-state index contributed by atoms with van der Waals surface area (Å²) in [6, 6.07) is 12.1. The fourth-order valence-corrected chi connectivity index (χ4v) is 3.15. The molecular weight excluding hydrogens is 278 g/mol. The molecule has 0 aliphatic carbocycles. The first kappa shape index (κ1) is 13.0. The number of hydrogen-bond donors (Lipinski definition) is 0. The molecule has 110 valence electrons. The highest BCUT2D eigenvalue weighted by molar-refractivity contribution is 5.51. The molecule has 0 unspecified atom stereocenters. The van der Waals surface area contributed by atoms with Gasteiger partial charge in [0.15, 0.2) is 11.5 Å². The summed E-state index contributed by atoms with van der Waals surface area (Å²) in [6.07, 6.45) is 3.87. The third kappa shape index (κ3) is 2.13. The van der Waals surface area contributed by atoms with Crippen molar-refractivity contribution in [2.24, 2.45) is 0 Å². The summed E-state index contributed by atoms with van der Waals surface area (Å²) in [7, 11) is 0. The Morgan fingerprint density at radius 3 is 3.00 bits per heavy atom. The number of benzene rings is 1. The molecule has 0 amide bonds. The second-order valence-electron chi connectivity index (χ2n) is 5.48. The second-order valence-corrected chi connectivity index (χ2v) is 5.48. The number of fused-ring (bicyclic) bond motifs is 1. The Labute approximate surface area is 128 Å². The lowest BCUT2D eigenvalue weighted by molar-refractivity contribution is 0.174. The highest BCUT2D eigenvalue weighted by Gasteiger charge is 2.28. The number of anilines is 1. The zero-order valence-corrected chi connectivity index (χ0v) is 12.0. The quantitative estimate of drug-likeness (QED) is 0.852. The van der Waals surface area contributed by atoms with Crippen LogP contribution < -0.4 is 14.4 Å². The highest BCUT2D eigenvalue weighted by Crippen LogP contribution is 2.40. The van der Waals surface area contributed by atoms with E-state index in [-0.39, 0.29) is 6.04 Å². The first-order valence-electron chi connectivity index (χ1n) is 7.37. The maximum Gasteiger partial charge on any atom is 0.231 e. The van der Waals surface area contributed by atoms with Crippen LogP contribution in [0.2, 0.25) is 0 Å². The van der Waals surface area contributed by atoms with Crippen LogP contribution in [-0.4, -0.2) is 18.3 Å². The molecule has 0 N–H and O–H groups in total. The first-order chi connectivity index (χ1) is 10.8. The summed E-state index contributed by atoms with van der Waals surface area (Å²) in [5.41, 5.74) is 1.84. The molecule has 2 aliphatic rings. The van der Waals surface area contributed by atoms with Crippen molar-refractivity contribution in [1.29, 1.82) is 5.26 Å². The van der Waals surface area contributed by atoms with E-state index in [1.165, 1.54) is 5.56 Å². The summed E-state index contributed by atoms with van der Waals surface area (Å²) < 4.78 is 10.9. The zero-order valence-electron chi connectivity index (χ0n) is 12.0. The van der Waals surface area contributed by atoms with Crippen molar-refractivity contribution in [3.63, 3.8) is 0 Å². The van der Waals surface area contributed by atoms with Crippen LogP contribution in [-0.2, 0) is 0 Å². The average Bonchev–Trinajstić information content (AvgIpc) is 3.23. The van der Waals surface area contributed by atoms with Gasteiger partial charge in [0.1, 0.15) is 5.82 Å². The van der Waals surface area contributed by atoms with Gasteiger partial charge in [0.2, 0.25) is 6.79 Å². The topological polar surface area (TPSA) is 58.4 Å². The molecule has 0 spiro atoms. The average molecular weight is 293 g/mol. The van der Waals surface area contributed by atoms with Crippen molar-refractivity contribution in [2.75, 3.05) is 18.2 Å². The predicted molar refractivity (Wildman–Crippen MR) is 80.8 cm³/mol. The van der Waals surface area contributed by atoms with E-state index in [0.29, 0.717) is 12.4 Å². The van der Waals surface area contributed by atoms with Crippen molar-refractivity contribution in [3.8, 4) is 17.6 Å². The summed E-state index contributed by atoms with van der Waals surface area (Å²) in [4.78, 5) is 6.70. The summed E-state index contributed by atoms with van der Waals surface area (Å²) in [6.45, 7) is 1.24. The molecule has 0 saturated carbocycles. The fourth-order valence-electron chi connectivity index (χ4n) is 3.15. The van der Waals surface area contributed by atoms with Gasteiger partial charge in [0, 0.05) is 12.7 Å². The molecule has 1 saturated heterocycles. The Morgan fingerprint density at radius 2 is 2.09 bits per heavy atom. The Bertz CT molecular complexity index is 754. The van der Waals surface area contributed by atoms with Crippen LogP contribution in [0.5, 0.6) is 11.5 Å². The smallest absolute Gasteiger partial charge is 0.231 e. The molecule has 1 atom stereocenters. The maximum absolute atomic E-state index is 9.07. The SMILES string of the molecule is N#Cc1ccnc(N2CCC[C@@H]2c2ccc3c(c2)OCO3)c1. The van der Waals surface area contributed by atoms with E-state index in [2.05, 4.69) is 28.1 Å². The van der Waals surface area contributed by atoms with Gasteiger partial charge < -0.3 is 14.4 Å². The summed E-state index contributed by atoms with van der Waals surface area (Å²) in [5.74, 6) is 2.47. The van der Waals surface area contributed by atoms with Gasteiger partial charge in [-0.2, -0.15) is 5.26 Å². The summed E-state index contributed by atoms with van der Waals surface area (Å²) in [5, 5.41) is 9.07. The van der Waals surface area contributed by atoms with E-state index in [0.717, 1.165) is 36.7 Å². The molecule has 22 heavy (non-hydrogen) atoms. The number of ether oxygens (including phenoxy) is 2. The molecule has 3 heterocycles. The van der Waals surface area contributed by atoms with Crippen LogP contribution in [0.15, 0.2) is 36.5 Å². The van der Waals surface area contributed by atoms with Gasteiger partial charge in [-0.3, -0.25) is 0 Å². The largest absolute Gasteiger partial charge is 0.454 e. The van der Waals surface area contributed by atoms with Gasteiger partial charge >= 0.3 is 0 Å². The van der Waals surface area contributed by atoms with E-state index in [1.54, 1.807) is 12.3 Å². The molecule has 2 aromatic rings. The Morgan fingerprint density at radius 1 is 1.18 bits per heavy atom. The molecular formula is C17H15N3O2. The van der Waals surface area contributed by atoms with Crippen molar-refractivity contribution in [3.05, 3.63) is 47.7 Å². The molecule has 0 bridgehead atoms. The molecule has 1 aromatic heterocycles. The van der Waals surface area contributed by atoms with Crippen molar-refractivity contribution in [2.45, 2.75) is 18.9 Å². The van der Waals surface area contributed by atoms with Gasteiger partial charge in [0.25, 0.3) is 0 Å². The lowest BCUT2D eigenvalue weighted by Gasteiger charge is -2.26. The molecule has 0 radical (unpaired) electrons. The standard InChI is InChI=1S/C17H15N3O2/c18-10-12-5-6-19-17(8-12)20-7-1-2-14(20)13-3-4-15-16(9-13)22-11-21-15/h3-6,8-9,14H,1-2,7,11H2/t14-/m1/s1. The number of aromatic nitrogens is 1. The maximum atomic E-state index is 9.07. The predicted octanol–water partition coefficient (Wildman–Crippen LogP) is 3.02. The van der Waals surface area contributed by atoms with E-state index < -0.39 is 0 Å². The van der Waals surface area contributed by atoms with Gasteiger partial charge in [-0.25, -0.2) is 4.98 Å². The number of hydrogen-bond acceptors (Lipinski definition) is 5. The van der Waals surface area contributed by atoms with E-state index >= 15 is 0 Å². The van der Waals surface area contributed by atoms with Crippen molar-refractivity contribution >= 4 is 5.82 Å². The minimum Gasteiger partial charge on any atom is -0.454 e. The molecule has 2 aliphatic heterocycles. The molecule has 5 nitrogen and oxygen atoms in total. The number of nitriles is 1. The van der Waals surface area contributed by atoms with Crippen molar-refractivity contribution < 1.29 is 9.47 Å². The van der Waals surface area contributed by atoms with Crippen LogP contribution in [0.3, 0.4) is 0 Å². The molecule has 4 rings (SSSR count). The van der Waals surface area contributed by atoms with Crippen LogP contribution >= 0.6 is 0 Å². The summed E-state index contributed by atoms with van der Waals surface area (Å²) >= 11 is 0. The van der Waals surface area contributed by atoms with Gasteiger partial charge in [-0.15, -0.1) is 0 Å². The lowest BCUT2D eigenvalue weighted by Crippen LogP contribution is -2.23. The van der Waals surface area contributed by atoms with Crippen LogP contribution in [0, 0.1) is 11.3 Å². The Balaban J connectivity index is 1.67. The van der Waals surface area contributed by atoms with Crippen molar-refractivity contribution in [1.82, 2.24) is 4.98 Å². The monoisotopic (exact) mass is 293 g/mol. The normalized spacial score (nSPS) is 19.2. The fraction of sp³-hybridized carbons (Fsp3) is 0.294. The molecule has 1 fully saturated rings. The third-order valence-corrected chi connectivity index (χ3v) is 4.20. The first-order valence-corrected chi connectivity index (χ1v) is 7.37. The molecule has 1 aromatic carbocycles. The zero-order chi connectivity index (χ0) is 14.9. The van der Waals surface area contributed by atoms with Crippen LogP contribution in [0.25, 0.3) is 0 Å². The lowest BCUT2D eigenvalue weighted by atomic mass is 10.0. The van der Waals surface area contributed by atoms with Gasteiger partial charge in [-0.1, -0.05) is 6.07 Å². The van der Waals surface area contributed by atoms with Gasteiger partial charge in [0.05, 0.1) is 17.7 Å². The third-order valence-electron chi connectivity index (χ3n) is 4.20. The molecule has 5 heteroatoms. The van der Waals surface area contributed by atoms with Gasteiger partial charge in [-0.05, 0) is 42.7 Å². The minimum atomic E-state index is 0.260. The second kappa shape index (κ2) is 5.23. The number of pyridine rings is 1. The van der Waals surface area contributed by atoms with Crippen LogP contribution in [0.1, 0.15) is 30.0 Å². The number of nitrogens with zero attached hydrogens (tertiary/aromatic N) is 3. The number of rotatable bonds is 2.